The standard InChI is InChI=1S/C17H21NO4S/c1-3-16-15(18-12(2)22-16)7-8-21-14-6-4-5-13(9-14)10-23-11-17(19)20/h4-6,9H,3,7-8,10-11H2,1-2H3,(H,19,20). The second-order valence-electron chi connectivity index (χ2n) is 5.09. The number of carboxylic acid groups (broad SMARTS) is 1. The smallest absolute Gasteiger partial charge is 0.313 e. The number of aryl methyl sites for hydroxylation is 2. The maximum absolute atomic E-state index is 10.5. The van der Waals surface area contributed by atoms with Crippen LogP contribution in [0, 0.1) is 6.92 Å². The SMILES string of the molecule is CCc1oc(C)nc1CCOc1cccc(CSCC(=O)O)c1. The van der Waals surface area contributed by atoms with E-state index in [1.54, 1.807) is 0 Å². The van der Waals surface area contributed by atoms with Gasteiger partial charge < -0.3 is 14.3 Å². The third-order valence-corrected chi connectivity index (χ3v) is 4.20. The lowest BCUT2D eigenvalue weighted by Gasteiger charge is -2.07. The van der Waals surface area contributed by atoms with Crippen molar-refractivity contribution in [3.05, 3.63) is 47.2 Å². The molecule has 0 bridgehead atoms. The Morgan fingerprint density at radius 1 is 1.43 bits per heavy atom. The molecule has 0 unspecified atom stereocenters. The average molecular weight is 335 g/mol. The monoisotopic (exact) mass is 335 g/mol. The first-order valence-electron chi connectivity index (χ1n) is 7.55. The molecular weight excluding hydrogens is 314 g/mol. The third-order valence-electron chi connectivity index (χ3n) is 3.21. The highest BCUT2D eigenvalue weighted by Gasteiger charge is 2.09. The molecule has 0 atom stereocenters. The van der Waals surface area contributed by atoms with Gasteiger partial charge in [-0.25, -0.2) is 4.98 Å². The van der Waals surface area contributed by atoms with Crippen LogP contribution in [-0.4, -0.2) is 28.4 Å². The van der Waals surface area contributed by atoms with Gasteiger partial charge in [-0.1, -0.05) is 19.1 Å². The Labute approximate surface area is 140 Å². The zero-order valence-corrected chi connectivity index (χ0v) is 14.2. The summed E-state index contributed by atoms with van der Waals surface area (Å²) in [5.41, 5.74) is 2.01. The normalized spacial score (nSPS) is 10.7. The first kappa shape index (κ1) is 17.4. The van der Waals surface area contributed by atoms with Crippen LogP contribution >= 0.6 is 11.8 Å². The van der Waals surface area contributed by atoms with E-state index in [9.17, 15) is 4.79 Å². The molecule has 0 spiro atoms. The maximum Gasteiger partial charge on any atom is 0.313 e. The summed E-state index contributed by atoms with van der Waals surface area (Å²) in [6.07, 6.45) is 1.53. The molecule has 1 aromatic heterocycles. The van der Waals surface area contributed by atoms with Gasteiger partial charge >= 0.3 is 5.97 Å². The number of ether oxygens (including phenoxy) is 1. The van der Waals surface area contributed by atoms with Gasteiger partial charge in [-0.05, 0) is 17.7 Å². The van der Waals surface area contributed by atoms with Gasteiger partial charge in [0, 0.05) is 25.5 Å². The molecule has 1 heterocycles. The zero-order chi connectivity index (χ0) is 16.7. The second-order valence-corrected chi connectivity index (χ2v) is 6.07. The van der Waals surface area contributed by atoms with E-state index in [1.165, 1.54) is 11.8 Å². The fourth-order valence-electron chi connectivity index (χ4n) is 2.23. The van der Waals surface area contributed by atoms with Crippen LogP contribution in [-0.2, 0) is 23.4 Å². The lowest BCUT2D eigenvalue weighted by atomic mass is 10.2. The predicted octanol–water partition coefficient (Wildman–Crippen LogP) is 3.48. The number of nitrogens with zero attached hydrogens (tertiary/aromatic N) is 1. The Morgan fingerprint density at radius 2 is 2.26 bits per heavy atom. The van der Waals surface area contributed by atoms with Crippen molar-refractivity contribution in [3.63, 3.8) is 0 Å². The van der Waals surface area contributed by atoms with E-state index >= 15 is 0 Å². The third kappa shape index (κ3) is 5.63. The number of carbonyl (C=O) groups is 1. The van der Waals surface area contributed by atoms with Crippen molar-refractivity contribution in [1.82, 2.24) is 4.98 Å². The highest BCUT2D eigenvalue weighted by atomic mass is 32.2. The van der Waals surface area contributed by atoms with E-state index < -0.39 is 5.97 Å². The number of aliphatic carboxylic acids is 1. The molecule has 0 saturated carbocycles. The number of thioether (sulfide) groups is 1. The lowest BCUT2D eigenvalue weighted by Crippen LogP contribution is -2.04. The van der Waals surface area contributed by atoms with Gasteiger partial charge in [0.15, 0.2) is 5.89 Å². The van der Waals surface area contributed by atoms with Gasteiger partial charge in [0.25, 0.3) is 0 Å². The Kier molecular flexibility index (Phi) is 6.52. The summed E-state index contributed by atoms with van der Waals surface area (Å²) in [6, 6.07) is 7.74. The van der Waals surface area contributed by atoms with Crippen molar-refractivity contribution in [2.24, 2.45) is 0 Å². The van der Waals surface area contributed by atoms with Gasteiger partial charge in [-0.2, -0.15) is 0 Å². The summed E-state index contributed by atoms with van der Waals surface area (Å²) >= 11 is 1.37. The zero-order valence-electron chi connectivity index (χ0n) is 13.4. The van der Waals surface area contributed by atoms with E-state index in [-0.39, 0.29) is 5.75 Å². The van der Waals surface area contributed by atoms with Crippen LogP contribution in [0.4, 0.5) is 0 Å². The molecular formula is C17H21NO4S. The summed E-state index contributed by atoms with van der Waals surface area (Å²) in [5.74, 6) is 2.37. The molecule has 1 N–H and O–H groups in total. The quantitative estimate of drug-likeness (QED) is 0.756. The second kappa shape index (κ2) is 8.62. The summed E-state index contributed by atoms with van der Waals surface area (Å²) in [6.45, 7) is 4.43. The molecule has 2 aromatic rings. The lowest BCUT2D eigenvalue weighted by molar-refractivity contribution is -0.133. The van der Waals surface area contributed by atoms with Crippen LogP contribution in [0.15, 0.2) is 28.7 Å². The molecule has 0 radical (unpaired) electrons. The highest BCUT2D eigenvalue weighted by molar-refractivity contribution is 7.99. The minimum absolute atomic E-state index is 0.108. The van der Waals surface area contributed by atoms with Crippen LogP contribution in [0.25, 0.3) is 0 Å². The largest absolute Gasteiger partial charge is 0.493 e. The molecule has 23 heavy (non-hydrogen) atoms. The minimum Gasteiger partial charge on any atom is -0.493 e. The summed E-state index contributed by atoms with van der Waals surface area (Å²) in [5, 5.41) is 8.66. The molecule has 0 amide bonds. The molecule has 2 rings (SSSR count). The molecule has 0 fully saturated rings. The van der Waals surface area contributed by atoms with Gasteiger partial charge in [0.2, 0.25) is 0 Å². The fourth-order valence-corrected chi connectivity index (χ4v) is 2.92. The van der Waals surface area contributed by atoms with E-state index in [2.05, 4.69) is 4.98 Å². The van der Waals surface area contributed by atoms with E-state index in [4.69, 9.17) is 14.3 Å². The molecule has 1 aromatic carbocycles. The summed E-state index contributed by atoms with van der Waals surface area (Å²) in [4.78, 5) is 14.9. The topological polar surface area (TPSA) is 72.6 Å². The van der Waals surface area contributed by atoms with Crippen molar-refractivity contribution >= 4 is 17.7 Å². The number of aromatic nitrogens is 1. The molecule has 0 aliphatic carbocycles. The minimum atomic E-state index is -0.794. The van der Waals surface area contributed by atoms with E-state index in [0.29, 0.717) is 24.7 Å². The number of benzene rings is 1. The van der Waals surface area contributed by atoms with Gasteiger partial charge in [0.1, 0.15) is 11.5 Å². The van der Waals surface area contributed by atoms with Crippen molar-refractivity contribution < 1.29 is 19.1 Å². The molecule has 124 valence electrons. The fraction of sp³-hybridized carbons (Fsp3) is 0.412. The number of hydrogen-bond donors (Lipinski definition) is 1. The van der Waals surface area contributed by atoms with Crippen molar-refractivity contribution in [3.8, 4) is 5.75 Å². The number of oxazole rings is 1. The van der Waals surface area contributed by atoms with E-state index in [0.717, 1.165) is 29.2 Å². The van der Waals surface area contributed by atoms with Gasteiger partial charge in [-0.15, -0.1) is 11.8 Å². The molecule has 0 aliphatic heterocycles. The number of carboxylic acids is 1. The van der Waals surface area contributed by atoms with Crippen LogP contribution in [0.1, 0.15) is 29.8 Å². The van der Waals surface area contributed by atoms with Crippen LogP contribution in [0.3, 0.4) is 0 Å². The maximum atomic E-state index is 10.5. The van der Waals surface area contributed by atoms with Gasteiger partial charge in [-0.3, -0.25) is 4.79 Å². The number of hydrogen-bond acceptors (Lipinski definition) is 5. The average Bonchev–Trinajstić information content (AvgIpc) is 2.87. The molecule has 0 aliphatic rings. The predicted molar refractivity (Wildman–Crippen MR) is 90.1 cm³/mol. The van der Waals surface area contributed by atoms with Crippen molar-refractivity contribution in [1.29, 1.82) is 0 Å². The van der Waals surface area contributed by atoms with Crippen LogP contribution in [0.2, 0.25) is 0 Å². The van der Waals surface area contributed by atoms with Crippen molar-refractivity contribution in [2.75, 3.05) is 12.4 Å². The highest BCUT2D eigenvalue weighted by Crippen LogP contribution is 2.19. The van der Waals surface area contributed by atoms with E-state index in [1.807, 2.05) is 38.1 Å². The van der Waals surface area contributed by atoms with Gasteiger partial charge in [0.05, 0.1) is 18.1 Å². The first-order chi connectivity index (χ1) is 11.1. The molecule has 5 nitrogen and oxygen atoms in total. The number of rotatable bonds is 9. The Hall–Kier alpha value is -1.95. The Bertz CT molecular complexity index is 654. The summed E-state index contributed by atoms with van der Waals surface area (Å²) in [7, 11) is 0. The molecule has 6 heteroatoms. The Morgan fingerprint density at radius 3 is 3.00 bits per heavy atom. The van der Waals surface area contributed by atoms with Crippen LogP contribution in [0.5, 0.6) is 5.75 Å². The molecule has 0 saturated heterocycles. The van der Waals surface area contributed by atoms with Crippen molar-refractivity contribution in [2.45, 2.75) is 32.4 Å². The Balaban J connectivity index is 1.84. The first-order valence-corrected chi connectivity index (χ1v) is 8.70. The van der Waals surface area contributed by atoms with Crippen LogP contribution < -0.4 is 4.74 Å². The summed E-state index contributed by atoms with van der Waals surface area (Å²) < 4.78 is 11.3.